The molecule has 0 aliphatic carbocycles. The minimum Gasteiger partial charge on any atom is -0.354 e. The summed E-state index contributed by atoms with van der Waals surface area (Å²) in [5, 5.41) is 23.8. The van der Waals surface area contributed by atoms with E-state index >= 15 is 0 Å². The zero-order valence-electron chi connectivity index (χ0n) is 20.9. The van der Waals surface area contributed by atoms with Gasteiger partial charge in [-0.2, -0.15) is 5.21 Å². The molecule has 2 aromatic heterocycles. The van der Waals surface area contributed by atoms with Crippen molar-refractivity contribution in [3.05, 3.63) is 45.9 Å². The van der Waals surface area contributed by atoms with Crippen LogP contribution in [0, 0.1) is 0 Å². The molecule has 2 aliphatic heterocycles. The number of likely N-dealkylation sites (tertiary alicyclic amines) is 1. The molecule has 2 saturated heterocycles. The molecule has 0 unspecified atom stereocenters. The van der Waals surface area contributed by atoms with Crippen molar-refractivity contribution in [1.82, 2.24) is 51.4 Å². The van der Waals surface area contributed by atoms with Crippen LogP contribution in [0.15, 0.2) is 29.6 Å². The number of imide groups is 1. The molecule has 4 N–H and O–H groups in total. The minimum atomic E-state index is -1.01. The molecular weight excluding hydrogens is 528 g/mol. The highest BCUT2D eigenvalue weighted by atomic mass is 32.1. The van der Waals surface area contributed by atoms with E-state index in [0.717, 1.165) is 4.90 Å². The molecule has 3 atom stereocenters. The number of thiazole rings is 1. The van der Waals surface area contributed by atoms with Crippen LogP contribution in [0.25, 0.3) is 11.4 Å². The number of nitrogens with one attached hydrogen (secondary N) is 4. The van der Waals surface area contributed by atoms with E-state index in [1.54, 1.807) is 34.5 Å². The standard InChI is InChI=1S/C23H24N10O5S/c1-24-19(35)15-10-39-21(26-15)16-7-13(25-20(36)14-8-17(34)32(2)23(38)27-14)9-33(16)22(37)12-5-3-11(4-6-12)18-28-30-31-29-18/h3-6,10,13-14,16H,7-9H2,1-2H3,(H,24,35)(H,25,36)(H,27,38)(H,28,29,30,31)/t13-,14-,16-/m0/s1. The third-order valence-electron chi connectivity index (χ3n) is 6.58. The fourth-order valence-corrected chi connectivity index (χ4v) is 5.39. The molecule has 16 heteroatoms. The van der Waals surface area contributed by atoms with Crippen LogP contribution >= 0.6 is 11.3 Å². The van der Waals surface area contributed by atoms with Crippen LogP contribution in [0.1, 0.15) is 44.7 Å². The molecule has 2 aliphatic rings. The highest BCUT2D eigenvalue weighted by Gasteiger charge is 2.41. The van der Waals surface area contributed by atoms with Gasteiger partial charge in [0.05, 0.1) is 12.5 Å². The first kappa shape index (κ1) is 25.9. The van der Waals surface area contributed by atoms with Gasteiger partial charge in [-0.15, -0.1) is 21.5 Å². The molecule has 15 nitrogen and oxygen atoms in total. The molecule has 0 spiro atoms. The summed E-state index contributed by atoms with van der Waals surface area (Å²) in [6.45, 7) is 0.158. The normalized spacial score (nSPS) is 21.0. The van der Waals surface area contributed by atoms with Crippen molar-refractivity contribution in [3.63, 3.8) is 0 Å². The number of carbonyl (C=O) groups is 5. The second-order valence-electron chi connectivity index (χ2n) is 9.04. The van der Waals surface area contributed by atoms with Gasteiger partial charge in [0, 0.05) is 43.2 Å². The van der Waals surface area contributed by atoms with Crippen molar-refractivity contribution < 1.29 is 24.0 Å². The number of urea groups is 1. The Balaban J connectivity index is 1.36. The number of hydrogen-bond donors (Lipinski definition) is 4. The first-order valence-electron chi connectivity index (χ1n) is 11.9. The van der Waals surface area contributed by atoms with Crippen LogP contribution in [-0.4, -0.2) is 97.8 Å². The molecule has 6 amide bonds. The van der Waals surface area contributed by atoms with Crippen LogP contribution in [0.4, 0.5) is 4.79 Å². The smallest absolute Gasteiger partial charge is 0.324 e. The number of carbonyl (C=O) groups excluding carboxylic acids is 5. The van der Waals surface area contributed by atoms with E-state index < -0.39 is 36.0 Å². The van der Waals surface area contributed by atoms with E-state index in [4.69, 9.17) is 0 Å². The number of amides is 6. The third kappa shape index (κ3) is 5.18. The summed E-state index contributed by atoms with van der Waals surface area (Å²) in [5.41, 5.74) is 1.30. The first-order chi connectivity index (χ1) is 18.7. The zero-order chi connectivity index (χ0) is 27.7. The number of rotatable bonds is 6. The Morgan fingerprint density at radius 2 is 1.92 bits per heavy atom. The number of aromatic nitrogens is 5. The summed E-state index contributed by atoms with van der Waals surface area (Å²) in [7, 11) is 2.84. The molecule has 2 fully saturated rings. The summed E-state index contributed by atoms with van der Waals surface area (Å²) in [4.78, 5) is 69.6. The lowest BCUT2D eigenvalue weighted by molar-refractivity contribution is -0.134. The second-order valence-corrected chi connectivity index (χ2v) is 9.93. The summed E-state index contributed by atoms with van der Waals surface area (Å²) >= 11 is 1.24. The largest absolute Gasteiger partial charge is 0.354 e. The van der Waals surface area contributed by atoms with E-state index in [1.165, 1.54) is 25.4 Å². The average Bonchev–Trinajstić information content (AvgIpc) is 3.72. The summed E-state index contributed by atoms with van der Waals surface area (Å²) in [6.07, 6.45) is 0.162. The molecule has 0 saturated carbocycles. The average molecular weight is 553 g/mol. The quantitative estimate of drug-likeness (QED) is 0.317. The maximum absolute atomic E-state index is 13.6. The molecular formula is C23H24N10O5S. The van der Waals surface area contributed by atoms with Gasteiger partial charge >= 0.3 is 6.03 Å². The first-order valence-corrected chi connectivity index (χ1v) is 12.8. The molecule has 0 bridgehead atoms. The molecule has 3 aromatic rings. The Kier molecular flexibility index (Phi) is 7.02. The van der Waals surface area contributed by atoms with Gasteiger partial charge in [-0.3, -0.25) is 24.1 Å². The Hall–Kier alpha value is -4.73. The van der Waals surface area contributed by atoms with Crippen LogP contribution in [-0.2, 0) is 9.59 Å². The van der Waals surface area contributed by atoms with Crippen LogP contribution in [0.2, 0.25) is 0 Å². The van der Waals surface area contributed by atoms with E-state index in [-0.39, 0.29) is 30.5 Å². The summed E-state index contributed by atoms with van der Waals surface area (Å²) in [6, 6.07) is 4.04. The predicted octanol–water partition coefficient (Wildman–Crippen LogP) is -0.305. The maximum atomic E-state index is 13.6. The molecule has 4 heterocycles. The topological polar surface area (TPSA) is 195 Å². The number of H-pyrrole nitrogens is 1. The lowest BCUT2D eigenvalue weighted by Gasteiger charge is -2.28. The minimum absolute atomic E-state index is 0.158. The van der Waals surface area contributed by atoms with Gasteiger partial charge < -0.3 is 20.9 Å². The fraction of sp³-hybridized carbons (Fsp3) is 0.348. The predicted molar refractivity (Wildman–Crippen MR) is 135 cm³/mol. The number of benzene rings is 1. The van der Waals surface area contributed by atoms with E-state index in [9.17, 15) is 24.0 Å². The van der Waals surface area contributed by atoms with E-state index in [2.05, 4.69) is 41.6 Å². The zero-order valence-corrected chi connectivity index (χ0v) is 21.7. The van der Waals surface area contributed by atoms with Crippen LogP contribution in [0.3, 0.4) is 0 Å². The molecule has 202 valence electrons. The van der Waals surface area contributed by atoms with Gasteiger partial charge in [-0.05, 0) is 23.8 Å². The van der Waals surface area contributed by atoms with Crippen molar-refractivity contribution in [2.24, 2.45) is 0 Å². The van der Waals surface area contributed by atoms with Crippen molar-refractivity contribution in [3.8, 4) is 11.4 Å². The molecule has 5 rings (SSSR count). The lowest BCUT2D eigenvalue weighted by atomic mass is 10.1. The number of aromatic amines is 1. The monoisotopic (exact) mass is 552 g/mol. The number of nitrogens with zero attached hydrogens (tertiary/aromatic N) is 6. The van der Waals surface area contributed by atoms with Crippen molar-refractivity contribution in [1.29, 1.82) is 0 Å². The van der Waals surface area contributed by atoms with Gasteiger partial charge in [-0.25, -0.2) is 9.78 Å². The fourth-order valence-electron chi connectivity index (χ4n) is 4.47. The van der Waals surface area contributed by atoms with E-state index in [1.807, 2.05) is 0 Å². The highest BCUT2D eigenvalue weighted by molar-refractivity contribution is 7.09. The molecule has 0 radical (unpaired) electrons. The number of hydrogen-bond acceptors (Lipinski definition) is 10. The Labute approximate surface area is 225 Å². The Morgan fingerprint density at radius 3 is 2.59 bits per heavy atom. The Morgan fingerprint density at radius 1 is 1.15 bits per heavy atom. The maximum Gasteiger partial charge on any atom is 0.324 e. The number of tetrazole rings is 1. The van der Waals surface area contributed by atoms with Crippen LogP contribution < -0.4 is 16.0 Å². The third-order valence-corrected chi connectivity index (χ3v) is 7.53. The molecule has 39 heavy (non-hydrogen) atoms. The van der Waals surface area contributed by atoms with Gasteiger partial charge in [0.1, 0.15) is 16.7 Å². The van der Waals surface area contributed by atoms with Gasteiger partial charge in [-0.1, -0.05) is 12.1 Å². The second kappa shape index (κ2) is 10.6. The van der Waals surface area contributed by atoms with Gasteiger partial charge in [0.25, 0.3) is 11.8 Å². The highest BCUT2D eigenvalue weighted by Crippen LogP contribution is 2.35. The van der Waals surface area contributed by atoms with Crippen LogP contribution in [0.5, 0.6) is 0 Å². The molecule has 1 aromatic carbocycles. The van der Waals surface area contributed by atoms with Gasteiger partial charge in [0.2, 0.25) is 17.6 Å². The summed E-state index contributed by atoms with van der Waals surface area (Å²) in [5.74, 6) is -1.24. The SMILES string of the molecule is CNC(=O)c1csc([C@@H]2C[C@H](NC(=O)[C@@H]3CC(=O)N(C)C(=O)N3)CN2C(=O)c2ccc(-c3nn[nH]n3)cc2)n1. The van der Waals surface area contributed by atoms with Gasteiger partial charge in [0.15, 0.2) is 0 Å². The lowest BCUT2D eigenvalue weighted by Crippen LogP contribution is -2.59. The van der Waals surface area contributed by atoms with Crippen molar-refractivity contribution in [2.75, 3.05) is 20.6 Å². The summed E-state index contributed by atoms with van der Waals surface area (Å²) < 4.78 is 0. The van der Waals surface area contributed by atoms with Crippen molar-refractivity contribution >= 4 is 41.0 Å². The van der Waals surface area contributed by atoms with E-state index in [0.29, 0.717) is 28.4 Å². The van der Waals surface area contributed by atoms with Crippen molar-refractivity contribution in [2.45, 2.75) is 31.0 Å². The Bertz CT molecular complexity index is 1410.